The average molecular weight is 719 g/mol. The first-order valence-electron chi connectivity index (χ1n) is 19.4. The van der Waals surface area contributed by atoms with Crippen molar-refractivity contribution in [2.24, 2.45) is 57.2 Å². The average Bonchev–Trinajstić information content (AvgIpc) is 3.52. The van der Waals surface area contributed by atoms with E-state index in [0.717, 1.165) is 5.57 Å². The summed E-state index contributed by atoms with van der Waals surface area (Å²) in [4.78, 5) is 53.3. The molecular formula is C42H54O10. The number of ketones is 4. The Morgan fingerprint density at radius 1 is 0.769 bits per heavy atom. The van der Waals surface area contributed by atoms with Crippen LogP contribution in [0.4, 0.5) is 0 Å². The van der Waals surface area contributed by atoms with Crippen LogP contribution in [0, 0.1) is 57.2 Å². The summed E-state index contributed by atoms with van der Waals surface area (Å²) >= 11 is 0. The molecule has 15 atom stereocenters. The molecule has 0 radical (unpaired) electrons. The van der Waals surface area contributed by atoms with E-state index >= 15 is 0 Å². The highest BCUT2D eigenvalue weighted by Gasteiger charge is 2.71. The van der Waals surface area contributed by atoms with Crippen LogP contribution in [-0.2, 0) is 19.2 Å². The number of carbonyl (C=O) groups is 4. The maximum atomic E-state index is 14.8. The van der Waals surface area contributed by atoms with E-state index in [2.05, 4.69) is 6.92 Å². The van der Waals surface area contributed by atoms with Crippen LogP contribution in [0.25, 0.3) is 0 Å². The molecule has 6 saturated carbocycles. The van der Waals surface area contributed by atoms with Crippen LogP contribution in [-0.4, -0.2) is 89.9 Å². The summed E-state index contributed by atoms with van der Waals surface area (Å²) in [6.07, 6.45) is 8.16. The lowest BCUT2D eigenvalue weighted by molar-refractivity contribution is -0.185. The molecule has 0 heterocycles. The number of hydrogen-bond acceptors (Lipinski definition) is 10. The summed E-state index contributed by atoms with van der Waals surface area (Å²) in [5, 5.41) is 70.2. The van der Waals surface area contributed by atoms with Gasteiger partial charge in [0.2, 0.25) is 0 Å². The Hall–Kier alpha value is -2.60. The maximum absolute atomic E-state index is 14.8. The van der Waals surface area contributed by atoms with Gasteiger partial charge in [0.05, 0.1) is 12.2 Å². The Morgan fingerprint density at radius 3 is 1.94 bits per heavy atom. The third-order valence-electron chi connectivity index (χ3n) is 17.1. The van der Waals surface area contributed by atoms with Gasteiger partial charge in [0.15, 0.2) is 23.1 Å². The van der Waals surface area contributed by atoms with Crippen molar-refractivity contribution >= 4 is 23.1 Å². The van der Waals surface area contributed by atoms with Gasteiger partial charge in [-0.15, -0.1) is 0 Å². The molecule has 0 amide bonds. The molecule has 0 saturated heterocycles. The van der Waals surface area contributed by atoms with E-state index in [0.29, 0.717) is 44.1 Å². The summed E-state index contributed by atoms with van der Waals surface area (Å²) in [7, 11) is 0. The van der Waals surface area contributed by atoms with Gasteiger partial charge in [-0.2, -0.15) is 0 Å². The molecule has 0 spiro atoms. The van der Waals surface area contributed by atoms with E-state index in [-0.39, 0.29) is 72.4 Å². The SMILES string of the molecule is C[C@@]12C(=CC(=O)C=C1C(O)C(=O)[C@@]1(O)CC[C@H]3[C@@H]4CCC5=CC(=O)C=C[C@]5(C)[C@H]4[C@@H](O)C[C@@]31C)CC[C@@H]1[C@@H]2[C@@H](O)C[C@@]2(C)[C@H]1CC[C@]2(O)C(=O)CO. The van der Waals surface area contributed by atoms with Gasteiger partial charge in [-0.3, -0.25) is 19.2 Å². The van der Waals surface area contributed by atoms with Crippen molar-refractivity contribution in [1.82, 2.24) is 0 Å². The van der Waals surface area contributed by atoms with Crippen LogP contribution in [0.1, 0.15) is 91.9 Å². The van der Waals surface area contributed by atoms with Gasteiger partial charge in [-0.1, -0.05) is 44.9 Å². The molecule has 52 heavy (non-hydrogen) atoms. The number of rotatable bonds is 5. The van der Waals surface area contributed by atoms with Gasteiger partial charge in [-0.05, 0) is 118 Å². The van der Waals surface area contributed by atoms with Crippen LogP contribution in [0.5, 0.6) is 0 Å². The maximum Gasteiger partial charge on any atom is 0.197 e. The van der Waals surface area contributed by atoms with E-state index in [1.807, 2.05) is 26.8 Å². The second-order valence-corrected chi connectivity index (χ2v) is 18.8. The number of aliphatic hydroxyl groups is 6. The molecule has 10 nitrogen and oxygen atoms in total. The second-order valence-electron chi connectivity index (χ2n) is 18.8. The first-order chi connectivity index (χ1) is 24.3. The topological polar surface area (TPSA) is 190 Å². The summed E-state index contributed by atoms with van der Waals surface area (Å²) < 4.78 is 0. The number of fused-ring (bicyclic) bond motifs is 10. The summed E-state index contributed by atoms with van der Waals surface area (Å²) in [5.41, 5.74) is -5.60. The van der Waals surface area contributed by atoms with Crippen LogP contribution in [0.3, 0.4) is 0 Å². The monoisotopic (exact) mass is 718 g/mol. The lowest BCUT2D eigenvalue weighted by atomic mass is 9.44. The summed E-state index contributed by atoms with van der Waals surface area (Å²) in [6.45, 7) is 6.80. The molecular weight excluding hydrogens is 664 g/mol. The van der Waals surface area contributed by atoms with Crippen molar-refractivity contribution in [2.45, 2.75) is 121 Å². The number of hydrogen-bond donors (Lipinski definition) is 6. The van der Waals surface area contributed by atoms with Crippen molar-refractivity contribution in [3.8, 4) is 0 Å². The zero-order chi connectivity index (χ0) is 37.6. The van der Waals surface area contributed by atoms with E-state index < -0.39 is 75.3 Å². The zero-order valence-corrected chi connectivity index (χ0v) is 30.7. The minimum Gasteiger partial charge on any atom is -0.393 e. The lowest BCUT2D eigenvalue weighted by Crippen LogP contribution is -2.64. The fourth-order valence-corrected chi connectivity index (χ4v) is 14.5. The molecule has 0 aromatic carbocycles. The normalized spacial score (nSPS) is 51.1. The molecule has 0 bridgehead atoms. The second kappa shape index (κ2) is 11.5. The molecule has 6 fully saturated rings. The predicted octanol–water partition coefficient (Wildman–Crippen LogP) is 2.87. The quantitative estimate of drug-likeness (QED) is 0.247. The molecule has 0 aromatic heterocycles. The van der Waals surface area contributed by atoms with E-state index in [1.165, 1.54) is 12.2 Å². The van der Waals surface area contributed by atoms with Crippen LogP contribution in [0.2, 0.25) is 0 Å². The van der Waals surface area contributed by atoms with Crippen LogP contribution >= 0.6 is 0 Å². The molecule has 282 valence electrons. The van der Waals surface area contributed by atoms with Crippen LogP contribution in [0.15, 0.2) is 47.1 Å². The molecule has 0 aliphatic heterocycles. The fraction of sp³-hybridized carbons (Fsp3) is 0.714. The van der Waals surface area contributed by atoms with E-state index in [4.69, 9.17) is 0 Å². The Labute approximate surface area is 304 Å². The number of carbonyl (C=O) groups excluding carboxylic acids is 4. The van der Waals surface area contributed by atoms with E-state index in [9.17, 15) is 49.8 Å². The smallest absolute Gasteiger partial charge is 0.197 e. The highest BCUT2D eigenvalue weighted by Crippen LogP contribution is 2.70. The predicted molar refractivity (Wildman–Crippen MR) is 188 cm³/mol. The summed E-state index contributed by atoms with van der Waals surface area (Å²) in [6, 6.07) is 0. The molecule has 8 rings (SSSR count). The Balaban J connectivity index is 1.12. The molecule has 6 N–H and O–H groups in total. The van der Waals surface area contributed by atoms with Gasteiger partial charge < -0.3 is 30.6 Å². The number of Topliss-reactive ketones (excluding diaryl/α,β-unsaturated/α-hetero) is 2. The minimum atomic E-state index is -2.00. The molecule has 8 aliphatic carbocycles. The van der Waals surface area contributed by atoms with Crippen molar-refractivity contribution in [3.63, 3.8) is 0 Å². The van der Waals surface area contributed by atoms with Gasteiger partial charge >= 0.3 is 0 Å². The van der Waals surface area contributed by atoms with Gasteiger partial charge in [0.1, 0.15) is 23.9 Å². The highest BCUT2D eigenvalue weighted by molar-refractivity contribution is 6.04. The van der Waals surface area contributed by atoms with Crippen molar-refractivity contribution in [2.75, 3.05) is 6.61 Å². The fourth-order valence-electron chi connectivity index (χ4n) is 14.5. The van der Waals surface area contributed by atoms with Crippen molar-refractivity contribution < 1.29 is 49.8 Å². The zero-order valence-electron chi connectivity index (χ0n) is 30.7. The standard InChI is InChI=1S/C42H54O10/c1-37-12-9-23(44)15-21(37)5-7-25-27-11-14-42(52,39(27,3)18-30(46)33(25)37)36(50)35(49)29-17-24(45)16-22-6-8-26-28-10-13-41(51,32(48)20-43)38(28,2)19-31(47)34(26)40(22,29)4/h9,12,15-17,25-28,30-31,33-35,43,46-47,49,51-52H,5-8,10-11,13-14,18-20H2,1-4H3/t25-,26-,27-,28-,30-,31-,33+,34+,35?,37-,38-,39-,40+,41-,42-/m0/s1. The third-order valence-corrected chi connectivity index (χ3v) is 17.1. The van der Waals surface area contributed by atoms with Gasteiger partial charge in [-0.25, -0.2) is 0 Å². The molecule has 8 aliphatic rings. The first kappa shape index (κ1) is 36.4. The lowest BCUT2D eigenvalue weighted by Gasteiger charge is -2.61. The number of aliphatic hydroxyl groups excluding tert-OH is 4. The van der Waals surface area contributed by atoms with Crippen molar-refractivity contribution in [3.05, 3.63) is 47.1 Å². The Kier molecular flexibility index (Phi) is 8.02. The minimum absolute atomic E-state index is 0.0242. The highest BCUT2D eigenvalue weighted by atomic mass is 16.3. The Morgan fingerprint density at radius 2 is 1.31 bits per heavy atom. The Bertz CT molecular complexity index is 1770. The summed E-state index contributed by atoms with van der Waals surface area (Å²) in [5.74, 6) is -3.17. The van der Waals surface area contributed by atoms with E-state index in [1.54, 1.807) is 12.2 Å². The molecule has 0 aromatic rings. The first-order valence-corrected chi connectivity index (χ1v) is 19.4. The van der Waals surface area contributed by atoms with Gasteiger partial charge in [0, 0.05) is 33.5 Å². The van der Waals surface area contributed by atoms with Crippen LogP contribution < -0.4 is 0 Å². The number of allylic oxidation sites excluding steroid dienone is 7. The molecule has 1 unspecified atom stereocenters. The largest absolute Gasteiger partial charge is 0.393 e. The van der Waals surface area contributed by atoms with Gasteiger partial charge in [0.25, 0.3) is 0 Å². The molecule has 10 heteroatoms. The van der Waals surface area contributed by atoms with Crippen molar-refractivity contribution in [1.29, 1.82) is 0 Å². The third kappa shape index (κ3) is 4.34.